The Bertz CT molecular complexity index is 755. The second kappa shape index (κ2) is 8.86. The highest BCUT2D eigenvalue weighted by molar-refractivity contribution is 5.92. The molecule has 1 aromatic carbocycles. The van der Waals surface area contributed by atoms with E-state index in [-0.39, 0.29) is 17.9 Å². The van der Waals surface area contributed by atoms with Crippen molar-refractivity contribution in [3.63, 3.8) is 0 Å². The molecule has 4 aliphatic carbocycles. The van der Waals surface area contributed by atoms with Crippen LogP contribution in [0.3, 0.4) is 0 Å². The Kier molecular flexibility index (Phi) is 6.21. The van der Waals surface area contributed by atoms with Gasteiger partial charge >= 0.3 is 5.97 Å². The van der Waals surface area contributed by atoms with Crippen molar-refractivity contribution >= 4 is 11.9 Å². The molecule has 6 heteroatoms. The fourth-order valence-electron chi connectivity index (χ4n) is 6.24. The normalized spacial score (nSPS) is 28.8. The molecule has 5 rings (SSSR count). The van der Waals surface area contributed by atoms with E-state index in [9.17, 15) is 9.59 Å². The predicted octanol–water partition coefficient (Wildman–Crippen LogP) is 3.97. The van der Waals surface area contributed by atoms with Crippen molar-refractivity contribution in [3.8, 4) is 11.5 Å². The Morgan fingerprint density at radius 1 is 0.967 bits per heavy atom. The van der Waals surface area contributed by atoms with Gasteiger partial charge in [-0.3, -0.25) is 4.79 Å². The van der Waals surface area contributed by atoms with Gasteiger partial charge in [-0.25, -0.2) is 4.79 Å². The second-order valence-electron chi connectivity index (χ2n) is 9.30. The standard InChI is InChI=1S/C24H33NO5/c1-3-28-20-6-5-19(10-21(20)29-4-2)23(27)30-14-22(26)25-15-24-11-16-7-17(12-24)9-18(8-16)13-24/h5-6,10,16-18H,3-4,7-9,11-15H2,1-2H3,(H,25,26). The van der Waals surface area contributed by atoms with E-state index in [0.29, 0.717) is 36.8 Å². The second-order valence-corrected chi connectivity index (χ2v) is 9.30. The minimum Gasteiger partial charge on any atom is -0.490 e. The molecule has 6 nitrogen and oxygen atoms in total. The number of hydrogen-bond donors (Lipinski definition) is 1. The third-order valence-corrected chi connectivity index (χ3v) is 6.94. The average Bonchev–Trinajstić information content (AvgIpc) is 2.71. The van der Waals surface area contributed by atoms with Crippen molar-refractivity contribution in [2.45, 2.75) is 52.4 Å². The van der Waals surface area contributed by atoms with Crippen LogP contribution in [0.4, 0.5) is 0 Å². The Hall–Kier alpha value is -2.24. The summed E-state index contributed by atoms with van der Waals surface area (Å²) in [5.74, 6) is 2.88. The van der Waals surface area contributed by atoms with Gasteiger partial charge in [0.15, 0.2) is 18.1 Å². The van der Waals surface area contributed by atoms with Crippen molar-refractivity contribution < 1.29 is 23.8 Å². The summed E-state index contributed by atoms with van der Waals surface area (Å²) in [4.78, 5) is 24.7. The van der Waals surface area contributed by atoms with Gasteiger partial charge in [0.2, 0.25) is 0 Å². The number of carbonyl (C=O) groups excluding carboxylic acids is 2. The largest absolute Gasteiger partial charge is 0.490 e. The van der Waals surface area contributed by atoms with Crippen LogP contribution in [0.5, 0.6) is 11.5 Å². The first-order valence-electron chi connectivity index (χ1n) is 11.3. The molecular formula is C24H33NO5. The van der Waals surface area contributed by atoms with Crippen LogP contribution in [0.2, 0.25) is 0 Å². The molecule has 0 radical (unpaired) electrons. The van der Waals surface area contributed by atoms with Gasteiger partial charge in [0.25, 0.3) is 5.91 Å². The summed E-state index contributed by atoms with van der Waals surface area (Å²) in [7, 11) is 0. The number of carbonyl (C=O) groups is 2. The zero-order valence-electron chi connectivity index (χ0n) is 18.1. The quantitative estimate of drug-likeness (QED) is 0.618. The molecule has 0 heterocycles. The summed E-state index contributed by atoms with van der Waals surface area (Å²) in [5, 5.41) is 3.04. The van der Waals surface area contributed by atoms with Gasteiger partial charge in [-0.2, -0.15) is 0 Å². The summed E-state index contributed by atoms with van der Waals surface area (Å²) in [5.41, 5.74) is 0.617. The molecule has 0 aliphatic heterocycles. The molecule has 1 aromatic rings. The number of nitrogens with one attached hydrogen (secondary N) is 1. The summed E-state index contributed by atoms with van der Waals surface area (Å²) < 4.78 is 16.3. The molecule has 4 fully saturated rings. The molecule has 30 heavy (non-hydrogen) atoms. The zero-order chi connectivity index (χ0) is 21.1. The van der Waals surface area contributed by atoms with E-state index in [1.165, 1.54) is 38.5 Å². The van der Waals surface area contributed by atoms with Gasteiger partial charge in [0.05, 0.1) is 18.8 Å². The minimum atomic E-state index is -0.538. The summed E-state index contributed by atoms with van der Waals surface area (Å²) in [6.07, 6.45) is 7.88. The van der Waals surface area contributed by atoms with E-state index in [1.54, 1.807) is 18.2 Å². The van der Waals surface area contributed by atoms with Gasteiger partial charge in [-0.15, -0.1) is 0 Å². The molecule has 0 aromatic heterocycles. The number of rotatable bonds is 9. The van der Waals surface area contributed by atoms with E-state index >= 15 is 0 Å². The molecule has 4 bridgehead atoms. The maximum absolute atomic E-state index is 12.4. The molecule has 164 valence electrons. The number of esters is 1. The topological polar surface area (TPSA) is 73.9 Å². The molecule has 0 atom stereocenters. The molecule has 0 saturated heterocycles. The molecule has 4 saturated carbocycles. The van der Waals surface area contributed by atoms with E-state index in [2.05, 4.69) is 5.32 Å². The van der Waals surface area contributed by atoms with Gasteiger partial charge in [0.1, 0.15) is 0 Å². The van der Waals surface area contributed by atoms with Gasteiger partial charge < -0.3 is 19.5 Å². The Labute approximate surface area is 178 Å². The number of amides is 1. The first kappa shape index (κ1) is 21.0. The van der Waals surface area contributed by atoms with E-state index in [4.69, 9.17) is 14.2 Å². The van der Waals surface area contributed by atoms with Crippen molar-refractivity contribution in [2.24, 2.45) is 23.2 Å². The van der Waals surface area contributed by atoms with Crippen LogP contribution < -0.4 is 14.8 Å². The lowest BCUT2D eigenvalue weighted by atomic mass is 9.49. The lowest BCUT2D eigenvalue weighted by molar-refractivity contribution is -0.126. The van der Waals surface area contributed by atoms with Crippen LogP contribution in [0.1, 0.15) is 62.7 Å². The summed E-state index contributed by atoms with van der Waals surface area (Å²) >= 11 is 0. The maximum Gasteiger partial charge on any atom is 0.338 e. The Balaban J connectivity index is 1.28. The highest BCUT2D eigenvalue weighted by Gasteiger charge is 2.50. The van der Waals surface area contributed by atoms with Crippen LogP contribution in [0.15, 0.2) is 18.2 Å². The lowest BCUT2D eigenvalue weighted by Gasteiger charge is -2.56. The van der Waals surface area contributed by atoms with E-state index in [0.717, 1.165) is 17.8 Å². The summed E-state index contributed by atoms with van der Waals surface area (Å²) in [6.45, 7) is 5.18. The molecule has 4 aliphatic rings. The van der Waals surface area contributed by atoms with E-state index in [1.807, 2.05) is 13.8 Å². The molecule has 0 unspecified atom stereocenters. The van der Waals surface area contributed by atoms with Crippen LogP contribution in [-0.4, -0.2) is 38.2 Å². The number of hydrogen-bond acceptors (Lipinski definition) is 5. The van der Waals surface area contributed by atoms with Crippen LogP contribution in [0.25, 0.3) is 0 Å². The Morgan fingerprint density at radius 2 is 1.57 bits per heavy atom. The smallest absolute Gasteiger partial charge is 0.338 e. The van der Waals surface area contributed by atoms with Gasteiger partial charge in [0, 0.05) is 6.54 Å². The highest BCUT2D eigenvalue weighted by Crippen LogP contribution is 2.59. The van der Waals surface area contributed by atoms with Crippen molar-refractivity contribution in [3.05, 3.63) is 23.8 Å². The van der Waals surface area contributed by atoms with Crippen LogP contribution >= 0.6 is 0 Å². The van der Waals surface area contributed by atoms with Crippen molar-refractivity contribution in [2.75, 3.05) is 26.4 Å². The van der Waals surface area contributed by atoms with Crippen molar-refractivity contribution in [1.82, 2.24) is 5.32 Å². The van der Waals surface area contributed by atoms with E-state index < -0.39 is 5.97 Å². The van der Waals surface area contributed by atoms with Crippen molar-refractivity contribution in [1.29, 1.82) is 0 Å². The van der Waals surface area contributed by atoms with Crippen LogP contribution in [-0.2, 0) is 9.53 Å². The number of benzene rings is 1. The lowest BCUT2D eigenvalue weighted by Crippen LogP contribution is -2.51. The molecular weight excluding hydrogens is 382 g/mol. The number of ether oxygens (including phenoxy) is 3. The maximum atomic E-state index is 12.4. The van der Waals surface area contributed by atoms with Gasteiger partial charge in [-0.05, 0) is 93.7 Å². The minimum absolute atomic E-state index is 0.227. The average molecular weight is 416 g/mol. The fourth-order valence-corrected chi connectivity index (χ4v) is 6.24. The molecule has 1 N–H and O–H groups in total. The monoisotopic (exact) mass is 415 g/mol. The third-order valence-electron chi connectivity index (χ3n) is 6.94. The summed E-state index contributed by atoms with van der Waals surface area (Å²) in [6, 6.07) is 4.92. The molecule has 1 amide bonds. The first-order valence-corrected chi connectivity index (χ1v) is 11.3. The first-order chi connectivity index (χ1) is 14.5. The SMILES string of the molecule is CCOc1ccc(C(=O)OCC(=O)NCC23CC4CC(CC(C4)C2)C3)cc1OCC. The van der Waals surface area contributed by atoms with Crippen LogP contribution in [0, 0.1) is 23.2 Å². The van der Waals surface area contributed by atoms with Gasteiger partial charge in [-0.1, -0.05) is 0 Å². The zero-order valence-corrected chi connectivity index (χ0v) is 18.1. The molecule has 0 spiro atoms. The predicted molar refractivity (Wildman–Crippen MR) is 113 cm³/mol. The fraction of sp³-hybridized carbons (Fsp3) is 0.667. The Morgan fingerprint density at radius 3 is 2.17 bits per heavy atom. The highest BCUT2D eigenvalue weighted by atomic mass is 16.5. The third kappa shape index (κ3) is 4.57.